The van der Waals surface area contributed by atoms with Crippen molar-refractivity contribution in [2.75, 3.05) is 11.9 Å². The van der Waals surface area contributed by atoms with E-state index in [4.69, 9.17) is 0 Å². The molecule has 0 aliphatic heterocycles. The topological polar surface area (TPSA) is 21.3 Å². The van der Waals surface area contributed by atoms with Gasteiger partial charge in [-0.15, -0.1) is 13.2 Å². The average molecular weight is 352 g/mol. The first kappa shape index (κ1) is 15.9. The fraction of sp³-hybridized carbons (Fsp3) is 0.400. The lowest BCUT2D eigenvalue weighted by atomic mass is 10.3. The molecule has 0 radical (unpaired) electrons. The Morgan fingerprint density at radius 3 is 2.26 bits per heavy atom. The fourth-order valence-electron chi connectivity index (χ4n) is 1.19. The van der Waals surface area contributed by atoms with E-state index in [9.17, 15) is 26.3 Å². The quantitative estimate of drug-likeness (QED) is 0.793. The second-order valence-corrected chi connectivity index (χ2v) is 4.40. The van der Waals surface area contributed by atoms with Gasteiger partial charge in [-0.05, 0) is 18.2 Å². The van der Waals surface area contributed by atoms with Crippen molar-refractivity contribution in [3.63, 3.8) is 0 Å². The van der Waals surface area contributed by atoms with Crippen molar-refractivity contribution < 1.29 is 31.1 Å². The van der Waals surface area contributed by atoms with E-state index in [-0.39, 0.29) is 5.69 Å². The van der Waals surface area contributed by atoms with E-state index in [0.717, 1.165) is 6.07 Å². The molecule has 1 aromatic carbocycles. The van der Waals surface area contributed by atoms with Gasteiger partial charge in [0.1, 0.15) is 0 Å². The molecule has 0 aromatic heterocycles. The molecule has 0 bridgehead atoms. The third kappa shape index (κ3) is 6.55. The smallest absolute Gasteiger partial charge is 0.404 e. The van der Waals surface area contributed by atoms with Gasteiger partial charge in [-0.1, -0.05) is 15.9 Å². The zero-order chi connectivity index (χ0) is 14.7. The molecule has 9 heteroatoms. The minimum atomic E-state index is -4.92. The molecular formula is C10H8BrF6NO. The largest absolute Gasteiger partial charge is 0.573 e. The SMILES string of the molecule is FC(F)(F)CCNc1ccc(Br)cc1OC(F)(F)F. The van der Waals surface area contributed by atoms with Gasteiger partial charge in [-0.25, -0.2) is 0 Å². The number of hydrogen-bond acceptors (Lipinski definition) is 2. The predicted molar refractivity (Wildman–Crippen MR) is 60.0 cm³/mol. The Morgan fingerprint density at radius 2 is 1.74 bits per heavy atom. The summed E-state index contributed by atoms with van der Waals surface area (Å²) in [5, 5.41) is 2.25. The van der Waals surface area contributed by atoms with Crippen molar-refractivity contribution in [1.29, 1.82) is 0 Å². The van der Waals surface area contributed by atoms with Crippen LogP contribution in [-0.2, 0) is 0 Å². The molecule has 1 aromatic rings. The van der Waals surface area contributed by atoms with Crippen molar-refractivity contribution in [2.24, 2.45) is 0 Å². The summed E-state index contributed by atoms with van der Waals surface area (Å²) in [6.07, 6.45) is -10.5. The number of alkyl halides is 6. The maximum absolute atomic E-state index is 12.1. The summed E-state index contributed by atoms with van der Waals surface area (Å²) in [4.78, 5) is 0. The highest BCUT2D eigenvalue weighted by molar-refractivity contribution is 9.10. The molecule has 0 heterocycles. The number of halogens is 7. The summed E-state index contributed by atoms with van der Waals surface area (Å²) >= 11 is 2.95. The van der Waals surface area contributed by atoms with Crippen LogP contribution in [0.4, 0.5) is 32.0 Å². The lowest BCUT2D eigenvalue weighted by Crippen LogP contribution is -2.19. The molecule has 0 saturated carbocycles. The number of rotatable bonds is 4. The lowest BCUT2D eigenvalue weighted by molar-refractivity contribution is -0.274. The third-order valence-electron chi connectivity index (χ3n) is 1.89. The zero-order valence-electron chi connectivity index (χ0n) is 9.20. The Hall–Kier alpha value is -1.12. The molecule has 19 heavy (non-hydrogen) atoms. The third-order valence-corrected chi connectivity index (χ3v) is 2.39. The molecule has 0 aliphatic rings. The number of ether oxygens (including phenoxy) is 1. The molecule has 0 aliphatic carbocycles. The summed E-state index contributed by atoms with van der Waals surface area (Å²) in [5.74, 6) is -0.593. The summed E-state index contributed by atoms with van der Waals surface area (Å²) in [5.41, 5.74) is -0.162. The molecule has 0 atom stereocenters. The van der Waals surface area contributed by atoms with E-state index in [1.807, 2.05) is 0 Å². The molecule has 1 rings (SSSR count). The van der Waals surface area contributed by atoms with Gasteiger partial charge in [0.05, 0.1) is 12.1 Å². The van der Waals surface area contributed by atoms with Crippen molar-refractivity contribution in [3.8, 4) is 5.75 Å². The van der Waals surface area contributed by atoms with Gasteiger partial charge >= 0.3 is 12.5 Å². The summed E-state index contributed by atoms with van der Waals surface area (Å²) in [6, 6.07) is 3.60. The molecule has 0 fully saturated rings. The van der Waals surface area contributed by atoms with E-state index in [2.05, 4.69) is 26.0 Å². The van der Waals surface area contributed by atoms with Crippen LogP contribution in [0.3, 0.4) is 0 Å². The molecule has 2 nitrogen and oxygen atoms in total. The van der Waals surface area contributed by atoms with E-state index < -0.39 is 31.3 Å². The maximum atomic E-state index is 12.1. The molecule has 0 saturated heterocycles. The van der Waals surface area contributed by atoms with Gasteiger partial charge in [0.2, 0.25) is 0 Å². The number of anilines is 1. The highest BCUT2D eigenvalue weighted by atomic mass is 79.9. The minimum Gasteiger partial charge on any atom is -0.404 e. The standard InChI is InChI=1S/C10H8BrF6NO/c11-6-1-2-7(18-4-3-9(12,13)14)8(5-6)19-10(15,16)17/h1-2,5,18H,3-4H2. The highest BCUT2D eigenvalue weighted by Gasteiger charge is 2.32. The first-order chi connectivity index (χ1) is 8.57. The summed E-state index contributed by atoms with van der Waals surface area (Å²) < 4.78 is 76.2. The van der Waals surface area contributed by atoms with Crippen molar-refractivity contribution in [1.82, 2.24) is 0 Å². The molecule has 0 spiro atoms. The Balaban J connectivity index is 2.77. The molecule has 0 amide bonds. The normalized spacial score (nSPS) is 12.4. The fourth-order valence-corrected chi connectivity index (χ4v) is 1.53. The van der Waals surface area contributed by atoms with Crippen molar-refractivity contribution >= 4 is 21.6 Å². The van der Waals surface area contributed by atoms with Gasteiger partial charge in [-0.2, -0.15) is 13.2 Å². The van der Waals surface area contributed by atoms with Crippen LogP contribution in [0.1, 0.15) is 6.42 Å². The van der Waals surface area contributed by atoms with Gasteiger partial charge in [0, 0.05) is 11.0 Å². The molecule has 1 N–H and O–H groups in total. The minimum absolute atomic E-state index is 0.162. The first-order valence-electron chi connectivity index (χ1n) is 4.93. The van der Waals surface area contributed by atoms with Crippen LogP contribution in [-0.4, -0.2) is 19.1 Å². The van der Waals surface area contributed by atoms with Crippen LogP contribution in [0.15, 0.2) is 22.7 Å². The first-order valence-corrected chi connectivity index (χ1v) is 5.72. The Bertz CT molecular complexity index is 431. The summed E-state index contributed by atoms with van der Waals surface area (Å²) in [6.45, 7) is -0.542. The van der Waals surface area contributed by atoms with Crippen LogP contribution in [0.25, 0.3) is 0 Å². The summed E-state index contributed by atoms with van der Waals surface area (Å²) in [7, 11) is 0. The predicted octanol–water partition coefficient (Wildman–Crippen LogP) is 4.71. The van der Waals surface area contributed by atoms with Crippen molar-refractivity contribution in [3.05, 3.63) is 22.7 Å². The second kappa shape index (κ2) is 5.89. The Kier molecular flexibility index (Phi) is 4.94. The monoisotopic (exact) mass is 351 g/mol. The van der Waals surface area contributed by atoms with E-state index in [1.165, 1.54) is 12.1 Å². The average Bonchev–Trinajstić information content (AvgIpc) is 2.17. The second-order valence-electron chi connectivity index (χ2n) is 3.48. The Morgan fingerprint density at radius 1 is 1.11 bits per heavy atom. The van der Waals surface area contributed by atoms with E-state index in [0.29, 0.717) is 4.47 Å². The highest BCUT2D eigenvalue weighted by Crippen LogP contribution is 2.33. The Labute approximate surface area is 112 Å². The van der Waals surface area contributed by atoms with Crippen LogP contribution in [0.5, 0.6) is 5.75 Å². The molecule has 108 valence electrons. The van der Waals surface area contributed by atoms with Gasteiger partial charge < -0.3 is 10.1 Å². The van der Waals surface area contributed by atoms with Crippen LogP contribution in [0.2, 0.25) is 0 Å². The molecule has 0 unspecified atom stereocenters. The number of benzene rings is 1. The number of hydrogen-bond donors (Lipinski definition) is 1. The lowest BCUT2D eigenvalue weighted by Gasteiger charge is -2.15. The van der Waals surface area contributed by atoms with Crippen molar-refractivity contribution in [2.45, 2.75) is 19.0 Å². The van der Waals surface area contributed by atoms with Crippen LogP contribution < -0.4 is 10.1 Å². The maximum Gasteiger partial charge on any atom is 0.573 e. The van der Waals surface area contributed by atoms with Gasteiger partial charge in [-0.3, -0.25) is 0 Å². The molecular weight excluding hydrogens is 344 g/mol. The van der Waals surface area contributed by atoms with E-state index in [1.54, 1.807) is 0 Å². The van der Waals surface area contributed by atoms with E-state index >= 15 is 0 Å². The van der Waals surface area contributed by atoms with Gasteiger partial charge in [0.25, 0.3) is 0 Å². The van der Waals surface area contributed by atoms with Gasteiger partial charge in [0.15, 0.2) is 5.75 Å². The zero-order valence-corrected chi connectivity index (χ0v) is 10.8. The number of nitrogens with one attached hydrogen (secondary N) is 1. The van der Waals surface area contributed by atoms with Crippen LogP contribution >= 0.6 is 15.9 Å². The van der Waals surface area contributed by atoms with Crippen LogP contribution in [0, 0.1) is 0 Å².